The molecule has 2 rings (SSSR count). The number of hydrogen-bond acceptors (Lipinski definition) is 3. The molecule has 0 unspecified atom stereocenters. The van der Waals surface area contributed by atoms with Gasteiger partial charge in [0, 0.05) is 17.8 Å². The molecule has 1 N–H and O–H groups in total. The van der Waals surface area contributed by atoms with Gasteiger partial charge in [0.25, 0.3) is 0 Å². The zero-order valence-electron chi connectivity index (χ0n) is 8.26. The summed E-state index contributed by atoms with van der Waals surface area (Å²) in [5.74, 6) is 0.856. The number of aryl methyl sites for hydroxylation is 1. The van der Waals surface area contributed by atoms with Gasteiger partial charge in [-0.15, -0.1) is 0 Å². The molecule has 1 saturated carbocycles. The second kappa shape index (κ2) is 4.13. The predicted molar refractivity (Wildman–Crippen MR) is 57.7 cm³/mol. The van der Waals surface area contributed by atoms with Crippen molar-refractivity contribution in [3.05, 3.63) is 17.0 Å². The molecule has 0 radical (unpaired) electrons. The summed E-state index contributed by atoms with van der Waals surface area (Å²) in [6, 6.07) is 2.50. The molecular formula is C10H14ClN3. The van der Waals surface area contributed by atoms with Crippen LogP contribution in [0.25, 0.3) is 0 Å². The first-order valence-corrected chi connectivity index (χ1v) is 5.39. The second-order valence-corrected chi connectivity index (χ2v) is 4.13. The molecule has 14 heavy (non-hydrogen) atoms. The molecule has 4 heteroatoms. The van der Waals surface area contributed by atoms with Gasteiger partial charge in [-0.3, -0.25) is 0 Å². The van der Waals surface area contributed by atoms with Crippen molar-refractivity contribution in [1.29, 1.82) is 0 Å². The van der Waals surface area contributed by atoms with Gasteiger partial charge < -0.3 is 5.32 Å². The Morgan fingerprint density at radius 1 is 1.36 bits per heavy atom. The molecule has 1 fully saturated rings. The van der Waals surface area contributed by atoms with E-state index in [9.17, 15) is 0 Å². The summed E-state index contributed by atoms with van der Waals surface area (Å²) in [7, 11) is 0. The maximum absolute atomic E-state index is 5.77. The van der Waals surface area contributed by atoms with Gasteiger partial charge in [-0.25, -0.2) is 9.97 Å². The first kappa shape index (κ1) is 9.71. The lowest BCUT2D eigenvalue weighted by Gasteiger charge is -2.12. The molecule has 1 heterocycles. The fourth-order valence-corrected chi connectivity index (χ4v) is 2.11. The van der Waals surface area contributed by atoms with Gasteiger partial charge in [-0.05, 0) is 31.4 Å². The maximum Gasteiger partial charge on any atom is 0.224 e. The van der Waals surface area contributed by atoms with E-state index < -0.39 is 0 Å². The normalized spacial score (nSPS) is 17.3. The average molecular weight is 212 g/mol. The van der Waals surface area contributed by atoms with Crippen molar-refractivity contribution in [2.45, 2.75) is 38.6 Å². The molecular weight excluding hydrogens is 198 g/mol. The van der Waals surface area contributed by atoms with E-state index in [-0.39, 0.29) is 0 Å². The van der Waals surface area contributed by atoms with Crippen molar-refractivity contribution in [3.63, 3.8) is 0 Å². The van der Waals surface area contributed by atoms with E-state index in [0.29, 0.717) is 11.3 Å². The van der Waals surface area contributed by atoms with Crippen LogP contribution in [-0.4, -0.2) is 16.0 Å². The second-order valence-electron chi connectivity index (χ2n) is 3.79. The van der Waals surface area contributed by atoms with Crippen LogP contribution < -0.4 is 5.32 Å². The van der Waals surface area contributed by atoms with Crippen molar-refractivity contribution in [3.8, 4) is 0 Å². The Morgan fingerprint density at radius 3 is 2.71 bits per heavy atom. The number of nitrogens with zero attached hydrogens (tertiary/aromatic N) is 2. The van der Waals surface area contributed by atoms with Gasteiger partial charge in [0.05, 0.1) is 0 Å². The Kier molecular flexibility index (Phi) is 2.87. The number of aromatic nitrogens is 2. The molecule has 0 aliphatic heterocycles. The Bertz CT molecular complexity index is 301. The van der Waals surface area contributed by atoms with Gasteiger partial charge in [0.1, 0.15) is 5.82 Å². The lowest BCUT2D eigenvalue weighted by molar-refractivity contribution is 0.749. The van der Waals surface area contributed by atoms with Crippen molar-refractivity contribution in [2.24, 2.45) is 0 Å². The summed E-state index contributed by atoms with van der Waals surface area (Å²) in [5.41, 5.74) is 0.908. The van der Waals surface area contributed by atoms with E-state index in [1.807, 2.05) is 13.0 Å². The highest BCUT2D eigenvalue weighted by Gasteiger charge is 2.15. The molecule has 1 aromatic rings. The van der Waals surface area contributed by atoms with E-state index in [0.717, 1.165) is 11.5 Å². The molecule has 0 atom stereocenters. The zero-order chi connectivity index (χ0) is 9.97. The number of rotatable bonds is 2. The van der Waals surface area contributed by atoms with Crippen LogP contribution >= 0.6 is 11.6 Å². The van der Waals surface area contributed by atoms with Crippen LogP contribution in [0.5, 0.6) is 0 Å². The van der Waals surface area contributed by atoms with Crippen molar-refractivity contribution in [2.75, 3.05) is 5.32 Å². The molecule has 0 spiro atoms. The van der Waals surface area contributed by atoms with Gasteiger partial charge in [-0.2, -0.15) is 0 Å². The minimum atomic E-state index is 0.325. The minimum absolute atomic E-state index is 0.325. The Labute approximate surface area is 88.9 Å². The van der Waals surface area contributed by atoms with E-state index in [2.05, 4.69) is 15.3 Å². The monoisotopic (exact) mass is 211 g/mol. The number of hydrogen-bond donors (Lipinski definition) is 1. The Balaban J connectivity index is 2.07. The fourth-order valence-electron chi connectivity index (χ4n) is 1.89. The lowest BCUT2D eigenvalue weighted by atomic mass is 10.2. The molecule has 1 aliphatic rings. The van der Waals surface area contributed by atoms with Crippen molar-refractivity contribution < 1.29 is 0 Å². The topological polar surface area (TPSA) is 37.8 Å². The third kappa shape index (κ3) is 2.35. The van der Waals surface area contributed by atoms with Gasteiger partial charge in [-0.1, -0.05) is 12.8 Å². The Hall–Kier alpha value is -0.830. The molecule has 76 valence electrons. The van der Waals surface area contributed by atoms with Crippen LogP contribution in [0.2, 0.25) is 5.28 Å². The zero-order valence-corrected chi connectivity index (χ0v) is 9.01. The first-order valence-electron chi connectivity index (χ1n) is 5.02. The summed E-state index contributed by atoms with van der Waals surface area (Å²) in [5, 5.41) is 3.71. The van der Waals surface area contributed by atoms with Crippen LogP contribution in [0.3, 0.4) is 0 Å². The smallest absolute Gasteiger partial charge is 0.224 e. The molecule has 3 nitrogen and oxygen atoms in total. The minimum Gasteiger partial charge on any atom is -0.367 e. The van der Waals surface area contributed by atoms with E-state index in [1.165, 1.54) is 25.7 Å². The summed E-state index contributed by atoms with van der Waals surface area (Å²) in [6.07, 6.45) is 5.10. The average Bonchev–Trinajstić information content (AvgIpc) is 2.54. The van der Waals surface area contributed by atoms with E-state index in [1.54, 1.807) is 0 Å². The summed E-state index contributed by atoms with van der Waals surface area (Å²) < 4.78 is 0. The highest BCUT2D eigenvalue weighted by atomic mass is 35.5. The number of anilines is 1. The first-order chi connectivity index (χ1) is 6.74. The van der Waals surface area contributed by atoms with Crippen molar-refractivity contribution in [1.82, 2.24) is 9.97 Å². The van der Waals surface area contributed by atoms with Crippen LogP contribution in [0.1, 0.15) is 31.4 Å². The van der Waals surface area contributed by atoms with Gasteiger partial charge in [0.15, 0.2) is 0 Å². The Morgan fingerprint density at radius 2 is 2.07 bits per heavy atom. The van der Waals surface area contributed by atoms with E-state index in [4.69, 9.17) is 11.6 Å². The van der Waals surface area contributed by atoms with Crippen LogP contribution in [0.15, 0.2) is 6.07 Å². The maximum atomic E-state index is 5.77. The summed E-state index contributed by atoms with van der Waals surface area (Å²) in [4.78, 5) is 8.16. The fraction of sp³-hybridized carbons (Fsp3) is 0.600. The number of halogens is 1. The molecule has 1 aliphatic carbocycles. The predicted octanol–water partition coefficient (Wildman–Crippen LogP) is 2.79. The van der Waals surface area contributed by atoms with Crippen LogP contribution in [0, 0.1) is 6.92 Å². The molecule has 0 amide bonds. The van der Waals surface area contributed by atoms with Gasteiger partial charge in [0.2, 0.25) is 5.28 Å². The highest BCUT2D eigenvalue weighted by molar-refractivity contribution is 6.28. The van der Waals surface area contributed by atoms with Gasteiger partial charge >= 0.3 is 0 Å². The third-order valence-electron chi connectivity index (χ3n) is 2.53. The SMILES string of the molecule is Cc1cc(NC2CCCC2)nc(Cl)n1. The van der Waals surface area contributed by atoms with E-state index >= 15 is 0 Å². The lowest BCUT2D eigenvalue weighted by Crippen LogP contribution is -2.15. The summed E-state index contributed by atoms with van der Waals surface area (Å²) in [6.45, 7) is 1.92. The molecule has 0 aromatic carbocycles. The quantitative estimate of drug-likeness (QED) is 0.765. The number of nitrogens with one attached hydrogen (secondary N) is 1. The van der Waals surface area contributed by atoms with Crippen molar-refractivity contribution >= 4 is 17.4 Å². The molecule has 0 bridgehead atoms. The third-order valence-corrected chi connectivity index (χ3v) is 2.70. The molecule has 0 saturated heterocycles. The highest BCUT2D eigenvalue weighted by Crippen LogP contribution is 2.21. The largest absolute Gasteiger partial charge is 0.367 e. The standard InChI is InChI=1S/C10H14ClN3/c1-7-6-9(14-10(11)12-7)13-8-4-2-3-5-8/h6,8H,2-5H2,1H3,(H,12,13,14). The van der Waals surface area contributed by atoms with Crippen LogP contribution in [-0.2, 0) is 0 Å². The van der Waals surface area contributed by atoms with Crippen LogP contribution in [0.4, 0.5) is 5.82 Å². The summed E-state index contributed by atoms with van der Waals surface area (Å²) >= 11 is 5.77. The molecule has 1 aromatic heterocycles.